The number of carbonyl (C=O) groups excluding carboxylic acids is 1. The maximum atomic E-state index is 13.4. The average Bonchev–Trinajstić information content (AvgIpc) is 3.32. The van der Waals surface area contributed by atoms with Gasteiger partial charge in [-0.1, -0.05) is 45.7 Å². The number of rotatable bonds is 5. The van der Waals surface area contributed by atoms with Crippen molar-refractivity contribution in [3.63, 3.8) is 0 Å². The Morgan fingerprint density at radius 3 is 2.61 bits per heavy atom. The van der Waals surface area contributed by atoms with Crippen LogP contribution in [0.4, 0.5) is 0 Å². The number of thioether (sulfide) groups is 1. The number of carbonyl (C=O) groups is 1. The molecule has 154 valence electrons. The van der Waals surface area contributed by atoms with Crippen molar-refractivity contribution < 1.29 is 4.79 Å². The van der Waals surface area contributed by atoms with Gasteiger partial charge in [-0.25, -0.2) is 4.98 Å². The molecule has 0 fully saturated rings. The highest BCUT2D eigenvalue weighted by Gasteiger charge is 2.24. The third-order valence-corrected chi connectivity index (χ3v) is 8.32. The molecule has 0 radical (unpaired) electrons. The lowest BCUT2D eigenvalue weighted by Gasteiger charge is -2.03. The normalized spacial score (nSPS) is 11.5. The van der Waals surface area contributed by atoms with Crippen LogP contribution in [0.25, 0.3) is 16.7 Å². The molecular formula is C24H16BrClN2OS2. The van der Waals surface area contributed by atoms with Gasteiger partial charge in [-0.2, -0.15) is 0 Å². The Morgan fingerprint density at radius 2 is 1.87 bits per heavy atom. The fraction of sp³-hybridized carbons (Fsp3) is 0.0833. The van der Waals surface area contributed by atoms with Gasteiger partial charge in [-0.15, -0.1) is 23.1 Å². The first-order valence-corrected chi connectivity index (χ1v) is 12.6. The number of pyridine rings is 1. The molecule has 0 bridgehead atoms. The Bertz CT molecular complexity index is 1420. The van der Waals surface area contributed by atoms with E-state index in [-0.39, 0.29) is 5.78 Å². The molecule has 0 atom stereocenters. The van der Waals surface area contributed by atoms with Crippen molar-refractivity contribution in [1.82, 2.24) is 9.38 Å². The number of thiophene rings is 1. The lowest BCUT2D eigenvalue weighted by molar-refractivity contribution is 0.104. The van der Waals surface area contributed by atoms with Gasteiger partial charge in [-0.05, 0) is 60.5 Å². The van der Waals surface area contributed by atoms with Gasteiger partial charge < -0.3 is 0 Å². The van der Waals surface area contributed by atoms with Gasteiger partial charge in [0.05, 0.1) is 9.73 Å². The fourth-order valence-corrected chi connectivity index (χ4v) is 6.26. The molecule has 7 heteroatoms. The van der Waals surface area contributed by atoms with E-state index < -0.39 is 0 Å². The Kier molecular flexibility index (Phi) is 5.65. The number of fused-ring (bicyclic) bond motifs is 3. The number of halogens is 2. The van der Waals surface area contributed by atoms with Gasteiger partial charge in [0.1, 0.15) is 16.0 Å². The Morgan fingerprint density at radius 1 is 1.13 bits per heavy atom. The summed E-state index contributed by atoms with van der Waals surface area (Å²) in [5.41, 5.74) is 5.57. The van der Waals surface area contributed by atoms with Crippen LogP contribution in [0, 0.1) is 6.92 Å². The third-order valence-electron chi connectivity index (χ3n) is 5.04. The number of nitrogens with zero attached hydrogens (tertiary/aromatic N) is 2. The molecule has 0 saturated carbocycles. The van der Waals surface area contributed by atoms with Crippen molar-refractivity contribution in [1.29, 1.82) is 0 Å². The summed E-state index contributed by atoms with van der Waals surface area (Å²) in [6, 6.07) is 19.4. The molecule has 0 amide bonds. The van der Waals surface area contributed by atoms with Gasteiger partial charge in [0.25, 0.3) is 0 Å². The van der Waals surface area contributed by atoms with Gasteiger partial charge in [0, 0.05) is 27.0 Å². The van der Waals surface area contributed by atoms with Crippen molar-refractivity contribution in [3.8, 4) is 0 Å². The topological polar surface area (TPSA) is 34.4 Å². The van der Waals surface area contributed by atoms with Crippen LogP contribution in [0.5, 0.6) is 0 Å². The van der Waals surface area contributed by atoms with Crippen molar-refractivity contribution in [3.05, 3.63) is 97.9 Å². The zero-order valence-corrected chi connectivity index (χ0v) is 20.4. The van der Waals surface area contributed by atoms with Gasteiger partial charge >= 0.3 is 0 Å². The van der Waals surface area contributed by atoms with E-state index in [2.05, 4.69) is 32.5 Å². The summed E-state index contributed by atoms with van der Waals surface area (Å²) in [5.74, 6) is 0.791. The second kappa shape index (κ2) is 8.43. The summed E-state index contributed by atoms with van der Waals surface area (Å²) in [4.78, 5) is 18.9. The van der Waals surface area contributed by atoms with Crippen molar-refractivity contribution in [2.45, 2.75) is 16.9 Å². The molecule has 2 aromatic carbocycles. The zero-order chi connectivity index (χ0) is 21.5. The molecule has 3 nitrogen and oxygen atoms in total. The van der Waals surface area contributed by atoms with Crippen molar-refractivity contribution in [2.75, 3.05) is 0 Å². The summed E-state index contributed by atoms with van der Waals surface area (Å²) in [6.45, 7) is 2.04. The number of ketones is 1. The molecular weight excluding hydrogens is 512 g/mol. The van der Waals surface area contributed by atoms with Crippen molar-refractivity contribution in [2.24, 2.45) is 0 Å². The first kappa shape index (κ1) is 20.8. The summed E-state index contributed by atoms with van der Waals surface area (Å²) in [7, 11) is 0. The smallest absolute Gasteiger partial charge is 0.205 e. The number of aryl methyl sites for hydroxylation is 1. The predicted molar refractivity (Wildman–Crippen MR) is 134 cm³/mol. The second-order valence-corrected chi connectivity index (χ2v) is 10.8. The summed E-state index contributed by atoms with van der Waals surface area (Å²) in [5, 5.41) is 0.613. The maximum Gasteiger partial charge on any atom is 0.205 e. The molecule has 0 spiro atoms. The summed E-state index contributed by atoms with van der Waals surface area (Å²) >= 11 is 12.8. The zero-order valence-electron chi connectivity index (χ0n) is 16.4. The molecule has 0 unspecified atom stereocenters. The largest absolute Gasteiger partial charge is 0.298 e. The number of hydrogen-bond acceptors (Lipinski definition) is 4. The van der Waals surface area contributed by atoms with E-state index in [0.29, 0.717) is 15.5 Å². The van der Waals surface area contributed by atoms with Crippen LogP contribution in [-0.4, -0.2) is 15.2 Å². The number of hydrogen-bond donors (Lipinski definition) is 0. The fourth-order valence-electron chi connectivity index (χ4n) is 3.46. The Labute approximate surface area is 201 Å². The van der Waals surface area contributed by atoms with Gasteiger partial charge in [0.15, 0.2) is 0 Å². The maximum absolute atomic E-state index is 13.4. The first-order chi connectivity index (χ1) is 15.0. The van der Waals surface area contributed by atoms with Crippen LogP contribution in [-0.2, 0) is 5.75 Å². The lowest BCUT2D eigenvalue weighted by atomic mass is 10.1. The molecule has 0 aliphatic heterocycles. The lowest BCUT2D eigenvalue weighted by Crippen LogP contribution is -1.98. The molecule has 5 rings (SSSR count). The minimum absolute atomic E-state index is 0.0248. The van der Waals surface area contributed by atoms with E-state index in [4.69, 9.17) is 16.6 Å². The predicted octanol–water partition coefficient (Wildman–Crippen LogP) is 7.80. The highest BCUT2D eigenvalue weighted by Crippen LogP contribution is 2.41. The molecule has 3 heterocycles. The van der Waals surface area contributed by atoms with E-state index in [9.17, 15) is 4.79 Å². The summed E-state index contributed by atoms with van der Waals surface area (Å²) < 4.78 is 4.25. The van der Waals surface area contributed by atoms with E-state index in [1.165, 1.54) is 16.9 Å². The highest BCUT2D eigenvalue weighted by molar-refractivity contribution is 9.10. The van der Waals surface area contributed by atoms with Gasteiger partial charge in [0.2, 0.25) is 5.78 Å². The Hall–Kier alpha value is -2.12. The molecule has 0 N–H and O–H groups in total. The van der Waals surface area contributed by atoms with Crippen LogP contribution in [0.15, 0.2) is 75.5 Å². The van der Waals surface area contributed by atoms with Crippen LogP contribution >= 0.6 is 50.6 Å². The first-order valence-electron chi connectivity index (χ1n) is 9.59. The quantitative estimate of drug-likeness (QED) is 0.173. The molecule has 5 aromatic rings. The van der Waals surface area contributed by atoms with E-state index >= 15 is 0 Å². The Balaban J connectivity index is 1.62. The number of benzene rings is 2. The minimum Gasteiger partial charge on any atom is -0.298 e. The van der Waals surface area contributed by atoms with Crippen LogP contribution < -0.4 is 0 Å². The SMILES string of the molecule is Cc1cccn2c1nc1c(C(=O)c3ccc(Cl)cc3)sc(SCc3ccc(Br)cc3)c12. The number of aromatic nitrogens is 2. The van der Waals surface area contributed by atoms with Crippen molar-refractivity contribution >= 4 is 73.1 Å². The van der Waals surface area contributed by atoms with E-state index in [1.54, 1.807) is 36.0 Å². The second-order valence-electron chi connectivity index (χ2n) is 7.16. The van der Waals surface area contributed by atoms with Gasteiger partial charge in [-0.3, -0.25) is 9.20 Å². The molecule has 0 saturated heterocycles. The minimum atomic E-state index is -0.0248. The summed E-state index contributed by atoms with van der Waals surface area (Å²) in [6.07, 6.45) is 2.02. The average molecular weight is 528 g/mol. The monoisotopic (exact) mass is 526 g/mol. The van der Waals surface area contributed by atoms with E-state index in [1.807, 2.05) is 37.4 Å². The van der Waals surface area contributed by atoms with Crippen LogP contribution in [0.3, 0.4) is 0 Å². The van der Waals surface area contributed by atoms with E-state index in [0.717, 1.165) is 36.7 Å². The molecule has 31 heavy (non-hydrogen) atoms. The van der Waals surface area contributed by atoms with Crippen LogP contribution in [0.2, 0.25) is 5.02 Å². The molecule has 0 aliphatic carbocycles. The molecule has 3 aromatic heterocycles. The van der Waals surface area contributed by atoms with Crippen LogP contribution in [0.1, 0.15) is 26.4 Å². The highest BCUT2D eigenvalue weighted by atomic mass is 79.9. The number of imidazole rings is 1. The molecule has 0 aliphatic rings. The standard InChI is InChI=1S/C24H16BrClN2OS2/c1-14-3-2-12-28-20-19(27-23(14)28)22(21(29)16-6-10-18(26)11-7-16)31-24(20)30-13-15-4-8-17(25)9-5-15/h2-12H,13H2,1H3. The third kappa shape index (κ3) is 3.94.